The molecule has 0 aliphatic rings. The maximum Gasteiger partial charge on any atom is 0.220 e. The third kappa shape index (κ3) is 10.1. The molecule has 5 nitrogen and oxygen atoms in total. The Labute approximate surface area is 136 Å². The molecule has 1 unspecified atom stereocenters. The van der Waals surface area contributed by atoms with Gasteiger partial charge in [0.1, 0.15) is 0 Å². The molecule has 0 aliphatic carbocycles. The predicted molar refractivity (Wildman–Crippen MR) is 90.8 cm³/mol. The Hall–Kier alpha value is -0.650. The molecule has 0 aliphatic heterocycles. The molecule has 0 spiro atoms. The zero-order valence-electron chi connectivity index (χ0n) is 15.3. The molecular formula is C17H36N2O3. The number of hydrogen-bond donors (Lipinski definition) is 2. The minimum absolute atomic E-state index is 0.0227. The van der Waals surface area contributed by atoms with E-state index in [9.17, 15) is 4.79 Å². The highest BCUT2D eigenvalue weighted by atomic mass is 16.5. The first-order valence-electron chi connectivity index (χ1n) is 8.30. The van der Waals surface area contributed by atoms with Crippen molar-refractivity contribution in [3.05, 3.63) is 0 Å². The van der Waals surface area contributed by atoms with E-state index in [1.165, 1.54) is 0 Å². The fraction of sp³-hybridized carbons (Fsp3) is 0.941. The average Bonchev–Trinajstić information content (AvgIpc) is 2.43. The largest absolute Gasteiger partial charge is 0.380 e. The van der Waals surface area contributed by atoms with Gasteiger partial charge in [-0.15, -0.1) is 0 Å². The second-order valence-electron chi connectivity index (χ2n) is 7.47. The van der Waals surface area contributed by atoms with Crippen LogP contribution in [0.2, 0.25) is 0 Å². The second kappa shape index (κ2) is 10.2. The highest BCUT2D eigenvalue weighted by molar-refractivity contribution is 5.76. The molecule has 22 heavy (non-hydrogen) atoms. The van der Waals surface area contributed by atoms with Crippen molar-refractivity contribution in [3.63, 3.8) is 0 Å². The molecule has 3 N–H and O–H groups in total. The summed E-state index contributed by atoms with van der Waals surface area (Å²) in [6.07, 6.45) is 1.55. The van der Waals surface area contributed by atoms with Crippen molar-refractivity contribution < 1.29 is 14.3 Å². The quantitative estimate of drug-likeness (QED) is 0.542. The third-order valence-electron chi connectivity index (χ3n) is 3.81. The van der Waals surface area contributed by atoms with Crippen LogP contribution in [0.1, 0.15) is 54.4 Å². The van der Waals surface area contributed by atoms with Gasteiger partial charge in [-0.05, 0) is 32.2 Å². The molecule has 132 valence electrons. The van der Waals surface area contributed by atoms with Gasteiger partial charge >= 0.3 is 0 Å². The normalized spacial score (nSPS) is 14.9. The fourth-order valence-corrected chi connectivity index (χ4v) is 1.85. The highest BCUT2D eigenvalue weighted by Gasteiger charge is 2.27. The van der Waals surface area contributed by atoms with Crippen molar-refractivity contribution in [3.8, 4) is 0 Å². The van der Waals surface area contributed by atoms with Gasteiger partial charge in [-0.25, -0.2) is 0 Å². The molecule has 0 aromatic rings. The van der Waals surface area contributed by atoms with Crippen molar-refractivity contribution in [1.82, 2.24) is 5.32 Å². The zero-order chi connectivity index (χ0) is 17.2. The molecule has 0 saturated carbocycles. The predicted octanol–water partition coefficient (Wildman–Crippen LogP) is 2.34. The van der Waals surface area contributed by atoms with Crippen LogP contribution in [0, 0.1) is 10.8 Å². The second-order valence-corrected chi connectivity index (χ2v) is 7.47. The number of rotatable bonds is 12. The van der Waals surface area contributed by atoms with Gasteiger partial charge in [0.2, 0.25) is 5.91 Å². The van der Waals surface area contributed by atoms with E-state index < -0.39 is 0 Å². The summed E-state index contributed by atoms with van der Waals surface area (Å²) in [4.78, 5) is 12.0. The van der Waals surface area contributed by atoms with Gasteiger partial charge in [0, 0.05) is 18.4 Å². The molecule has 0 radical (unpaired) electrons. The number of carbonyl (C=O) groups excluding carboxylic acids is 1. The molecule has 1 amide bonds. The number of ether oxygens (including phenoxy) is 2. The molecule has 0 aromatic heterocycles. The van der Waals surface area contributed by atoms with Crippen molar-refractivity contribution in [2.75, 3.05) is 32.9 Å². The molecule has 1 atom stereocenters. The van der Waals surface area contributed by atoms with Gasteiger partial charge in [0.25, 0.3) is 0 Å². The van der Waals surface area contributed by atoms with Gasteiger partial charge < -0.3 is 20.5 Å². The van der Waals surface area contributed by atoms with Gasteiger partial charge in [0.05, 0.1) is 25.9 Å². The van der Waals surface area contributed by atoms with Crippen molar-refractivity contribution in [2.45, 2.75) is 60.5 Å². The Morgan fingerprint density at radius 2 is 1.86 bits per heavy atom. The molecule has 0 bridgehead atoms. The number of hydrogen-bond acceptors (Lipinski definition) is 4. The molecule has 5 heteroatoms. The summed E-state index contributed by atoms with van der Waals surface area (Å²) >= 11 is 0. The van der Waals surface area contributed by atoms with Crippen LogP contribution >= 0.6 is 0 Å². The lowest BCUT2D eigenvalue weighted by Gasteiger charge is -2.30. The van der Waals surface area contributed by atoms with Gasteiger partial charge in [-0.1, -0.05) is 27.7 Å². The summed E-state index contributed by atoms with van der Waals surface area (Å²) < 4.78 is 11.2. The van der Waals surface area contributed by atoms with E-state index in [4.69, 9.17) is 15.2 Å². The minimum Gasteiger partial charge on any atom is -0.380 e. The summed E-state index contributed by atoms with van der Waals surface area (Å²) in [5, 5.41) is 2.91. The molecule has 0 aromatic carbocycles. The van der Waals surface area contributed by atoms with Crippen LogP contribution < -0.4 is 11.1 Å². The monoisotopic (exact) mass is 316 g/mol. The number of amides is 1. The van der Waals surface area contributed by atoms with Crippen LogP contribution in [0.15, 0.2) is 0 Å². The standard InChI is InChI=1S/C17H36N2O3/c1-7-17(6,13-21-12-16(4,5)11-18)10-15(20)19-8-9-22-14(2)3/h14H,7-13,18H2,1-6H3,(H,19,20). The van der Waals surface area contributed by atoms with Gasteiger partial charge in [-0.3, -0.25) is 4.79 Å². The van der Waals surface area contributed by atoms with Gasteiger partial charge in [-0.2, -0.15) is 0 Å². The fourth-order valence-electron chi connectivity index (χ4n) is 1.85. The van der Waals surface area contributed by atoms with E-state index in [-0.39, 0.29) is 22.8 Å². The van der Waals surface area contributed by atoms with Crippen molar-refractivity contribution in [2.24, 2.45) is 16.6 Å². The van der Waals surface area contributed by atoms with Crippen LogP contribution in [0.4, 0.5) is 0 Å². The summed E-state index contributed by atoms with van der Waals surface area (Å²) in [6, 6.07) is 0. The molecule has 0 fully saturated rings. The number of nitrogens with one attached hydrogen (secondary N) is 1. The lowest BCUT2D eigenvalue weighted by Crippen LogP contribution is -2.36. The van der Waals surface area contributed by atoms with Crippen LogP contribution in [0.3, 0.4) is 0 Å². The van der Waals surface area contributed by atoms with E-state index in [1.807, 2.05) is 13.8 Å². The Morgan fingerprint density at radius 3 is 2.36 bits per heavy atom. The van der Waals surface area contributed by atoms with E-state index in [1.54, 1.807) is 0 Å². The minimum atomic E-state index is -0.145. The number of nitrogens with two attached hydrogens (primary N) is 1. The SMILES string of the molecule is CCC(C)(COCC(C)(C)CN)CC(=O)NCCOC(C)C. The topological polar surface area (TPSA) is 73.6 Å². The van der Waals surface area contributed by atoms with E-state index in [2.05, 4.69) is 33.0 Å². The van der Waals surface area contributed by atoms with Crippen LogP contribution in [-0.2, 0) is 14.3 Å². The maximum atomic E-state index is 12.0. The Bertz CT molecular complexity index is 319. The van der Waals surface area contributed by atoms with Crippen LogP contribution in [0.5, 0.6) is 0 Å². The summed E-state index contributed by atoms with van der Waals surface area (Å²) in [5.41, 5.74) is 5.53. The maximum absolute atomic E-state index is 12.0. The smallest absolute Gasteiger partial charge is 0.220 e. The first kappa shape index (κ1) is 21.4. The Balaban J connectivity index is 4.12. The Morgan fingerprint density at radius 1 is 1.23 bits per heavy atom. The lowest BCUT2D eigenvalue weighted by molar-refractivity contribution is -0.125. The first-order chi connectivity index (χ1) is 10.1. The van der Waals surface area contributed by atoms with Gasteiger partial charge in [0.15, 0.2) is 0 Å². The Kier molecular flexibility index (Phi) is 9.89. The van der Waals surface area contributed by atoms with Crippen LogP contribution in [-0.4, -0.2) is 44.9 Å². The first-order valence-corrected chi connectivity index (χ1v) is 8.30. The zero-order valence-corrected chi connectivity index (χ0v) is 15.3. The highest BCUT2D eigenvalue weighted by Crippen LogP contribution is 2.27. The van der Waals surface area contributed by atoms with Crippen molar-refractivity contribution in [1.29, 1.82) is 0 Å². The summed E-state index contributed by atoms with van der Waals surface area (Å²) in [7, 11) is 0. The summed E-state index contributed by atoms with van der Waals surface area (Å²) in [6.45, 7) is 15.2. The molecule has 0 saturated heterocycles. The van der Waals surface area contributed by atoms with E-state index >= 15 is 0 Å². The lowest BCUT2D eigenvalue weighted by atomic mass is 9.84. The van der Waals surface area contributed by atoms with Crippen LogP contribution in [0.25, 0.3) is 0 Å². The van der Waals surface area contributed by atoms with E-state index in [0.29, 0.717) is 39.3 Å². The third-order valence-corrected chi connectivity index (χ3v) is 3.81. The number of carbonyl (C=O) groups is 1. The van der Waals surface area contributed by atoms with E-state index in [0.717, 1.165) is 6.42 Å². The molecule has 0 heterocycles. The molecular weight excluding hydrogens is 280 g/mol. The average molecular weight is 316 g/mol. The summed E-state index contributed by atoms with van der Waals surface area (Å²) in [5.74, 6) is 0.0541. The van der Waals surface area contributed by atoms with Crippen molar-refractivity contribution >= 4 is 5.91 Å². The molecule has 0 rings (SSSR count).